The highest BCUT2D eigenvalue weighted by Crippen LogP contribution is 2.44. The molecule has 11 heteroatoms. The second-order valence-corrected chi connectivity index (χ2v) is 28.0. The lowest BCUT2D eigenvalue weighted by atomic mass is 9.93. The van der Waals surface area contributed by atoms with Crippen molar-refractivity contribution in [2.75, 3.05) is 11.9 Å². The van der Waals surface area contributed by atoms with Gasteiger partial charge in [0.25, 0.3) is 0 Å². The molecule has 1 aliphatic heterocycles. The van der Waals surface area contributed by atoms with Gasteiger partial charge in [-0.25, -0.2) is 4.98 Å². The molecule has 0 aliphatic carbocycles. The Balaban J connectivity index is 1.18. The van der Waals surface area contributed by atoms with Gasteiger partial charge >= 0.3 is 0 Å². The molecular formula is C45H55N5O4Si2. The van der Waals surface area contributed by atoms with Crippen LogP contribution in [0.3, 0.4) is 0 Å². The number of hydrogen-bond donors (Lipinski definition) is 1. The molecule has 0 bridgehead atoms. The van der Waals surface area contributed by atoms with Crippen molar-refractivity contribution >= 4 is 71.8 Å². The van der Waals surface area contributed by atoms with Crippen LogP contribution in [0.1, 0.15) is 59.8 Å². The van der Waals surface area contributed by atoms with Crippen LogP contribution in [0, 0.1) is 0 Å². The zero-order chi connectivity index (χ0) is 39.6. The van der Waals surface area contributed by atoms with E-state index in [1.165, 1.54) is 26.9 Å². The highest BCUT2D eigenvalue weighted by Gasteiger charge is 2.47. The summed E-state index contributed by atoms with van der Waals surface area (Å²) in [6.45, 7) is 23.6. The van der Waals surface area contributed by atoms with Gasteiger partial charge in [-0.1, -0.05) is 120 Å². The van der Waals surface area contributed by atoms with Crippen LogP contribution in [0.15, 0.2) is 91.3 Å². The summed E-state index contributed by atoms with van der Waals surface area (Å²) in [4.78, 5) is 15.0. The van der Waals surface area contributed by atoms with Gasteiger partial charge in [-0.3, -0.25) is 4.57 Å². The summed E-state index contributed by atoms with van der Waals surface area (Å²) in [6, 6.07) is 29.6. The number of anilines is 2. The molecule has 0 saturated carbocycles. The maximum Gasteiger partial charge on any atom is 0.247 e. The third-order valence-electron chi connectivity index (χ3n) is 12.5. The summed E-state index contributed by atoms with van der Waals surface area (Å²) < 4.78 is 29.3. The van der Waals surface area contributed by atoms with E-state index in [0.29, 0.717) is 42.6 Å². The minimum atomic E-state index is -2.15. The fourth-order valence-corrected chi connectivity index (χ4v) is 9.53. The molecule has 1 aliphatic rings. The molecule has 7 aromatic rings. The summed E-state index contributed by atoms with van der Waals surface area (Å²) in [6.07, 6.45) is 1.69. The Labute approximate surface area is 332 Å². The molecule has 0 amide bonds. The van der Waals surface area contributed by atoms with Crippen molar-refractivity contribution in [2.24, 2.45) is 0 Å². The number of rotatable bonds is 11. The van der Waals surface area contributed by atoms with E-state index in [9.17, 15) is 0 Å². The third kappa shape index (κ3) is 7.20. The first-order valence-corrected chi connectivity index (χ1v) is 25.6. The van der Waals surface area contributed by atoms with Crippen LogP contribution in [0.4, 0.5) is 11.6 Å². The van der Waals surface area contributed by atoms with Crippen LogP contribution in [0.5, 0.6) is 5.88 Å². The predicted octanol–water partition coefficient (Wildman–Crippen LogP) is 11.7. The first kappa shape index (κ1) is 38.5. The van der Waals surface area contributed by atoms with Crippen LogP contribution in [-0.2, 0) is 20.2 Å². The molecule has 292 valence electrons. The highest BCUT2D eigenvalue weighted by atomic mass is 28.4. The number of imidazole rings is 1. The molecule has 0 spiro atoms. The Kier molecular flexibility index (Phi) is 9.76. The topological polar surface area (TPSA) is 92.6 Å². The number of ether oxygens (including phenoxy) is 2. The van der Waals surface area contributed by atoms with Crippen molar-refractivity contribution in [3.05, 3.63) is 96.8 Å². The van der Waals surface area contributed by atoms with E-state index >= 15 is 0 Å². The quantitative estimate of drug-likeness (QED) is 0.102. The smallest absolute Gasteiger partial charge is 0.247 e. The van der Waals surface area contributed by atoms with E-state index < -0.39 is 16.6 Å². The molecule has 3 heterocycles. The minimum absolute atomic E-state index is 0.0432. The standard InChI is InChI=1S/C45H55N5O4Si2/c1-44(2,3)55(7,8)52-27-36-35(54-56(9,10)45(4,5)6)25-37(53-36)50-28-46-40-41(50)48-43(49-42(40)51-26-29-15-12-11-13-16-29)47-34-24-22-32-20-19-30-17-14-18-31-21-23-33(34)39(32)38(30)31/h11-24,28,35-37H,25-27H2,1-10H3,(H,47,48,49)/t35-,36+,37+/m0/s1. The second-order valence-electron chi connectivity index (χ2n) is 18.4. The summed E-state index contributed by atoms with van der Waals surface area (Å²) in [5.74, 6) is 0.824. The zero-order valence-corrected chi connectivity index (χ0v) is 36.4. The average molecular weight is 786 g/mol. The molecule has 5 aromatic carbocycles. The molecule has 1 N–H and O–H groups in total. The van der Waals surface area contributed by atoms with Crippen molar-refractivity contribution in [1.29, 1.82) is 0 Å². The Morgan fingerprint density at radius 1 is 0.768 bits per heavy atom. The van der Waals surface area contributed by atoms with Gasteiger partial charge in [0.2, 0.25) is 11.8 Å². The lowest BCUT2D eigenvalue weighted by Crippen LogP contribution is -2.48. The van der Waals surface area contributed by atoms with Gasteiger partial charge in [-0.15, -0.1) is 0 Å². The number of nitrogens with zero attached hydrogens (tertiary/aromatic N) is 4. The van der Waals surface area contributed by atoms with Crippen LogP contribution in [0.2, 0.25) is 36.3 Å². The summed E-state index contributed by atoms with van der Waals surface area (Å²) in [7, 11) is -4.20. The van der Waals surface area contributed by atoms with Crippen LogP contribution >= 0.6 is 0 Å². The number of nitrogens with one attached hydrogen (secondary N) is 1. The summed E-state index contributed by atoms with van der Waals surface area (Å²) >= 11 is 0. The SMILES string of the molecule is CC(C)(C)[Si](C)(C)OC[C@H]1O[C@@H](n2cnc3c(OCc4ccccc4)nc(Nc4ccc5ccc6cccc7ccc4c5c67)nc32)C[C@@H]1O[Si](C)(C)C(C)(C)C. The molecule has 0 radical (unpaired) electrons. The lowest BCUT2D eigenvalue weighted by molar-refractivity contribution is -0.0383. The maximum atomic E-state index is 7.12. The van der Waals surface area contributed by atoms with Gasteiger partial charge in [-0.2, -0.15) is 9.97 Å². The largest absolute Gasteiger partial charge is 0.471 e. The third-order valence-corrected chi connectivity index (χ3v) is 21.5. The summed E-state index contributed by atoms with van der Waals surface area (Å²) in [5.41, 5.74) is 3.16. The Morgan fingerprint density at radius 2 is 1.43 bits per heavy atom. The minimum Gasteiger partial charge on any atom is -0.471 e. The zero-order valence-electron chi connectivity index (χ0n) is 34.4. The normalized spacial score (nSPS) is 18.5. The number of aromatic nitrogens is 4. The van der Waals surface area contributed by atoms with E-state index in [2.05, 4.69) is 128 Å². The van der Waals surface area contributed by atoms with E-state index in [-0.39, 0.29) is 28.5 Å². The van der Waals surface area contributed by atoms with Gasteiger partial charge in [0.05, 0.1) is 19.0 Å². The molecule has 8 rings (SSSR count). The van der Waals surface area contributed by atoms with Crippen LogP contribution in [-0.4, -0.2) is 55.0 Å². The van der Waals surface area contributed by atoms with Crippen LogP contribution in [0.25, 0.3) is 43.5 Å². The van der Waals surface area contributed by atoms with Crippen LogP contribution < -0.4 is 10.1 Å². The van der Waals surface area contributed by atoms with Gasteiger partial charge in [0.1, 0.15) is 18.9 Å². The molecule has 56 heavy (non-hydrogen) atoms. The Hall–Kier alpha value is -4.40. The molecule has 9 nitrogen and oxygen atoms in total. The molecule has 3 atom stereocenters. The molecule has 1 saturated heterocycles. The van der Waals surface area contributed by atoms with E-state index in [4.69, 9.17) is 33.3 Å². The molecular weight excluding hydrogens is 731 g/mol. The van der Waals surface area contributed by atoms with E-state index in [0.717, 1.165) is 16.6 Å². The first-order chi connectivity index (χ1) is 26.5. The number of hydrogen-bond acceptors (Lipinski definition) is 8. The highest BCUT2D eigenvalue weighted by molar-refractivity contribution is 6.74. The average Bonchev–Trinajstić information content (AvgIpc) is 3.75. The predicted molar refractivity (Wildman–Crippen MR) is 233 cm³/mol. The molecule has 0 unspecified atom stereocenters. The lowest BCUT2D eigenvalue weighted by Gasteiger charge is -2.40. The van der Waals surface area contributed by atoms with Gasteiger partial charge in [0.15, 0.2) is 27.8 Å². The fraction of sp³-hybridized carbons (Fsp3) is 0.400. The van der Waals surface area contributed by atoms with Crippen molar-refractivity contribution in [2.45, 2.75) is 109 Å². The van der Waals surface area contributed by atoms with E-state index in [1.807, 2.05) is 34.9 Å². The molecule has 1 fully saturated rings. The second kappa shape index (κ2) is 14.2. The van der Waals surface area contributed by atoms with E-state index in [1.54, 1.807) is 6.33 Å². The van der Waals surface area contributed by atoms with Gasteiger partial charge in [0, 0.05) is 17.5 Å². The number of fused-ring (bicyclic) bond motifs is 1. The first-order valence-electron chi connectivity index (χ1n) is 19.8. The van der Waals surface area contributed by atoms with Gasteiger partial charge < -0.3 is 23.6 Å². The Bertz CT molecular complexity index is 2490. The summed E-state index contributed by atoms with van der Waals surface area (Å²) in [5, 5.41) is 10.9. The monoisotopic (exact) mass is 785 g/mol. The maximum absolute atomic E-state index is 7.12. The van der Waals surface area contributed by atoms with Crippen molar-refractivity contribution in [3.63, 3.8) is 0 Å². The van der Waals surface area contributed by atoms with Crippen molar-refractivity contribution < 1.29 is 18.3 Å². The Morgan fingerprint density at radius 3 is 2.12 bits per heavy atom. The number of benzene rings is 5. The van der Waals surface area contributed by atoms with Crippen molar-refractivity contribution in [3.8, 4) is 5.88 Å². The fourth-order valence-electron chi connectivity index (χ4n) is 7.16. The van der Waals surface area contributed by atoms with Gasteiger partial charge in [-0.05, 0) is 74.8 Å². The van der Waals surface area contributed by atoms with Crippen molar-refractivity contribution in [1.82, 2.24) is 19.5 Å². The molecule has 2 aromatic heterocycles.